The number of rotatable bonds is 5. The van der Waals surface area contributed by atoms with E-state index < -0.39 is 0 Å². The van der Waals surface area contributed by atoms with Crippen molar-refractivity contribution in [3.63, 3.8) is 0 Å². The van der Waals surface area contributed by atoms with Crippen molar-refractivity contribution in [1.82, 2.24) is 5.43 Å². The number of benzene rings is 1. The van der Waals surface area contributed by atoms with Gasteiger partial charge in [0.2, 0.25) is 0 Å². The minimum Gasteiger partial charge on any atom is -0.271 e. The predicted molar refractivity (Wildman–Crippen MR) is 73.9 cm³/mol. The molecule has 3 N–H and O–H groups in total. The largest absolute Gasteiger partial charge is 0.271 e. The van der Waals surface area contributed by atoms with Crippen LogP contribution in [0.2, 0.25) is 0 Å². The summed E-state index contributed by atoms with van der Waals surface area (Å²) < 4.78 is 0. The molecule has 17 heavy (non-hydrogen) atoms. The number of hydrogen-bond acceptors (Lipinski definition) is 3. The highest BCUT2D eigenvalue weighted by molar-refractivity contribution is 7.07. The van der Waals surface area contributed by atoms with E-state index in [0.717, 1.165) is 12.8 Å². The van der Waals surface area contributed by atoms with Gasteiger partial charge in [0.1, 0.15) is 0 Å². The van der Waals surface area contributed by atoms with Crippen LogP contribution in [0.1, 0.15) is 29.2 Å². The molecule has 0 spiro atoms. The SMILES string of the molecule is Cc1ccccc1CCC(NN)c1ccsc1. The van der Waals surface area contributed by atoms with E-state index in [1.807, 2.05) is 0 Å². The fourth-order valence-electron chi connectivity index (χ4n) is 2.01. The molecule has 1 unspecified atom stereocenters. The molecular formula is C14H18N2S. The van der Waals surface area contributed by atoms with Gasteiger partial charge in [-0.15, -0.1) is 0 Å². The lowest BCUT2D eigenvalue weighted by Crippen LogP contribution is -2.28. The Morgan fingerprint density at radius 1 is 1.29 bits per heavy atom. The summed E-state index contributed by atoms with van der Waals surface area (Å²) in [5.74, 6) is 5.62. The minimum atomic E-state index is 0.251. The van der Waals surface area contributed by atoms with Gasteiger partial charge < -0.3 is 0 Å². The second kappa shape index (κ2) is 5.96. The van der Waals surface area contributed by atoms with Crippen molar-refractivity contribution >= 4 is 11.3 Å². The molecule has 0 aliphatic rings. The number of nitrogens with two attached hydrogens (primary N) is 1. The molecule has 2 aromatic rings. The lowest BCUT2D eigenvalue weighted by Gasteiger charge is -2.15. The van der Waals surface area contributed by atoms with Crippen molar-refractivity contribution in [2.24, 2.45) is 5.84 Å². The highest BCUT2D eigenvalue weighted by Gasteiger charge is 2.10. The van der Waals surface area contributed by atoms with Crippen LogP contribution < -0.4 is 11.3 Å². The summed E-state index contributed by atoms with van der Waals surface area (Å²) in [6.07, 6.45) is 2.08. The monoisotopic (exact) mass is 246 g/mol. The lowest BCUT2D eigenvalue weighted by atomic mass is 9.99. The maximum atomic E-state index is 5.62. The Hall–Kier alpha value is -1.16. The smallest absolute Gasteiger partial charge is 0.0471 e. The van der Waals surface area contributed by atoms with Gasteiger partial charge in [0.05, 0.1) is 0 Å². The zero-order valence-corrected chi connectivity index (χ0v) is 10.8. The quantitative estimate of drug-likeness (QED) is 0.628. The molecule has 0 bridgehead atoms. The number of aryl methyl sites for hydroxylation is 2. The van der Waals surface area contributed by atoms with Crippen LogP contribution in [0.3, 0.4) is 0 Å². The average Bonchev–Trinajstić information content (AvgIpc) is 2.86. The van der Waals surface area contributed by atoms with Gasteiger partial charge in [-0.2, -0.15) is 11.3 Å². The molecule has 0 aliphatic carbocycles. The van der Waals surface area contributed by atoms with E-state index in [1.165, 1.54) is 16.7 Å². The van der Waals surface area contributed by atoms with Crippen LogP contribution in [0.25, 0.3) is 0 Å². The molecule has 90 valence electrons. The molecular weight excluding hydrogens is 228 g/mol. The van der Waals surface area contributed by atoms with Crippen molar-refractivity contribution in [2.75, 3.05) is 0 Å². The molecule has 0 saturated heterocycles. The van der Waals surface area contributed by atoms with Crippen molar-refractivity contribution in [2.45, 2.75) is 25.8 Å². The van der Waals surface area contributed by atoms with Crippen LogP contribution in [-0.4, -0.2) is 0 Å². The average molecular weight is 246 g/mol. The van der Waals surface area contributed by atoms with Crippen molar-refractivity contribution in [1.29, 1.82) is 0 Å². The molecule has 1 aromatic heterocycles. The van der Waals surface area contributed by atoms with Crippen molar-refractivity contribution in [3.8, 4) is 0 Å². The Morgan fingerprint density at radius 2 is 2.12 bits per heavy atom. The van der Waals surface area contributed by atoms with Gasteiger partial charge in [-0.25, -0.2) is 0 Å². The molecule has 2 nitrogen and oxygen atoms in total. The second-order valence-electron chi connectivity index (χ2n) is 4.24. The summed E-state index contributed by atoms with van der Waals surface area (Å²) in [6, 6.07) is 10.9. The van der Waals surface area contributed by atoms with E-state index in [2.05, 4.69) is 53.4 Å². The fourth-order valence-corrected chi connectivity index (χ4v) is 2.72. The van der Waals surface area contributed by atoms with Crippen LogP contribution in [-0.2, 0) is 6.42 Å². The first-order valence-electron chi connectivity index (χ1n) is 5.84. The van der Waals surface area contributed by atoms with Crippen LogP contribution in [0.15, 0.2) is 41.1 Å². The van der Waals surface area contributed by atoms with Gasteiger partial charge >= 0.3 is 0 Å². The fraction of sp³-hybridized carbons (Fsp3) is 0.286. The summed E-state index contributed by atoms with van der Waals surface area (Å²) in [7, 11) is 0. The first-order valence-corrected chi connectivity index (χ1v) is 6.78. The molecule has 0 saturated carbocycles. The highest BCUT2D eigenvalue weighted by atomic mass is 32.1. The second-order valence-corrected chi connectivity index (χ2v) is 5.02. The van der Waals surface area contributed by atoms with Crippen molar-refractivity contribution in [3.05, 3.63) is 57.8 Å². The van der Waals surface area contributed by atoms with E-state index in [4.69, 9.17) is 5.84 Å². The summed E-state index contributed by atoms with van der Waals surface area (Å²) in [5, 5.41) is 4.25. The normalized spacial score (nSPS) is 12.6. The van der Waals surface area contributed by atoms with E-state index in [0.29, 0.717) is 0 Å². The molecule has 0 aliphatic heterocycles. The summed E-state index contributed by atoms with van der Waals surface area (Å²) in [6.45, 7) is 2.16. The third kappa shape index (κ3) is 3.16. The molecule has 1 atom stereocenters. The topological polar surface area (TPSA) is 38.0 Å². The molecule has 1 aromatic carbocycles. The van der Waals surface area contributed by atoms with Crippen LogP contribution >= 0.6 is 11.3 Å². The maximum absolute atomic E-state index is 5.62. The highest BCUT2D eigenvalue weighted by Crippen LogP contribution is 2.21. The number of hydrazine groups is 1. The van der Waals surface area contributed by atoms with E-state index in [1.54, 1.807) is 11.3 Å². The Morgan fingerprint density at radius 3 is 2.76 bits per heavy atom. The lowest BCUT2D eigenvalue weighted by molar-refractivity contribution is 0.517. The molecule has 0 amide bonds. The Kier molecular flexibility index (Phi) is 4.31. The van der Waals surface area contributed by atoms with Gasteiger partial charge in [0, 0.05) is 6.04 Å². The van der Waals surface area contributed by atoms with Gasteiger partial charge in [-0.3, -0.25) is 11.3 Å². The Balaban J connectivity index is 2.00. The van der Waals surface area contributed by atoms with Gasteiger partial charge in [0.25, 0.3) is 0 Å². The first-order chi connectivity index (χ1) is 8.31. The molecule has 0 radical (unpaired) electrons. The Labute approximate surface area is 106 Å². The Bertz CT molecular complexity index is 451. The van der Waals surface area contributed by atoms with Crippen molar-refractivity contribution < 1.29 is 0 Å². The maximum Gasteiger partial charge on any atom is 0.0471 e. The molecule has 0 fully saturated rings. The number of hydrogen-bond donors (Lipinski definition) is 2. The number of nitrogens with one attached hydrogen (secondary N) is 1. The first kappa shape index (κ1) is 12.3. The third-order valence-corrected chi connectivity index (χ3v) is 3.81. The zero-order chi connectivity index (χ0) is 12.1. The molecule has 2 rings (SSSR count). The number of thiophene rings is 1. The molecule has 3 heteroatoms. The minimum absolute atomic E-state index is 0.251. The van der Waals surface area contributed by atoms with E-state index in [-0.39, 0.29) is 6.04 Å². The zero-order valence-electron chi connectivity index (χ0n) is 10.0. The summed E-state index contributed by atoms with van der Waals surface area (Å²) >= 11 is 1.71. The summed E-state index contributed by atoms with van der Waals surface area (Å²) in [4.78, 5) is 0. The van der Waals surface area contributed by atoms with E-state index >= 15 is 0 Å². The van der Waals surface area contributed by atoms with Gasteiger partial charge in [-0.05, 0) is 53.3 Å². The molecule has 1 heterocycles. The van der Waals surface area contributed by atoms with Crippen LogP contribution in [0.5, 0.6) is 0 Å². The standard InChI is InChI=1S/C14H18N2S/c1-11-4-2-3-5-12(11)6-7-14(16-15)13-8-9-17-10-13/h2-5,8-10,14,16H,6-7,15H2,1H3. The van der Waals surface area contributed by atoms with Gasteiger partial charge in [-0.1, -0.05) is 24.3 Å². The predicted octanol–water partition coefficient (Wildman–Crippen LogP) is 3.19. The van der Waals surface area contributed by atoms with Gasteiger partial charge in [0.15, 0.2) is 0 Å². The van der Waals surface area contributed by atoms with Crippen LogP contribution in [0, 0.1) is 6.92 Å². The van der Waals surface area contributed by atoms with Crippen LogP contribution in [0.4, 0.5) is 0 Å². The third-order valence-electron chi connectivity index (χ3n) is 3.11. The summed E-state index contributed by atoms with van der Waals surface area (Å²) in [5.41, 5.74) is 6.94. The van der Waals surface area contributed by atoms with E-state index in [9.17, 15) is 0 Å².